The van der Waals surface area contributed by atoms with Gasteiger partial charge in [-0.25, -0.2) is 0 Å². The highest BCUT2D eigenvalue weighted by molar-refractivity contribution is 7.99. The van der Waals surface area contributed by atoms with Gasteiger partial charge in [-0.3, -0.25) is 0 Å². The van der Waals surface area contributed by atoms with Crippen molar-refractivity contribution < 1.29 is 8.42 Å². The van der Waals surface area contributed by atoms with E-state index in [1.54, 1.807) is 15.7 Å². The zero-order valence-electron chi connectivity index (χ0n) is 10.9. The van der Waals surface area contributed by atoms with Crippen molar-refractivity contribution in [2.45, 2.75) is 25.3 Å². The minimum atomic E-state index is -3.29. The molecule has 106 valence electrons. The highest BCUT2D eigenvalue weighted by atomic mass is 32.2. The molecule has 0 spiro atoms. The van der Waals surface area contributed by atoms with Crippen LogP contribution in [0, 0.1) is 5.92 Å². The molecule has 0 bridgehead atoms. The van der Waals surface area contributed by atoms with E-state index in [0.717, 1.165) is 30.8 Å². The van der Waals surface area contributed by atoms with Crippen LogP contribution >= 0.6 is 11.8 Å². The third kappa shape index (κ3) is 3.01. The van der Waals surface area contributed by atoms with Crippen LogP contribution in [0.15, 0.2) is 0 Å². The van der Waals surface area contributed by atoms with Crippen LogP contribution in [0.25, 0.3) is 0 Å². The molecule has 0 aliphatic carbocycles. The molecule has 2 unspecified atom stereocenters. The predicted molar refractivity (Wildman–Crippen MR) is 75.8 cm³/mol. The van der Waals surface area contributed by atoms with E-state index in [1.165, 1.54) is 0 Å². The summed E-state index contributed by atoms with van der Waals surface area (Å²) in [4.78, 5) is 0. The SMILES string of the molecule is CN(C1CCSC1)S(=O)(=O)N1CCCC(CN)C1. The molecule has 0 aromatic heterocycles. The first-order valence-electron chi connectivity index (χ1n) is 6.56. The molecule has 2 fully saturated rings. The summed E-state index contributed by atoms with van der Waals surface area (Å²) < 4.78 is 28.3. The largest absolute Gasteiger partial charge is 0.330 e. The number of nitrogens with two attached hydrogens (primary N) is 1. The summed E-state index contributed by atoms with van der Waals surface area (Å²) in [7, 11) is -1.57. The molecule has 2 rings (SSSR count). The summed E-state index contributed by atoms with van der Waals surface area (Å²) in [5, 5.41) is 0. The minimum Gasteiger partial charge on any atom is -0.330 e. The molecule has 0 aromatic rings. The van der Waals surface area contributed by atoms with Crippen LogP contribution in [0.2, 0.25) is 0 Å². The molecule has 7 heteroatoms. The van der Waals surface area contributed by atoms with Gasteiger partial charge < -0.3 is 5.73 Å². The Morgan fingerprint density at radius 1 is 1.44 bits per heavy atom. The molecule has 2 saturated heterocycles. The average Bonchev–Trinajstić information content (AvgIpc) is 2.91. The van der Waals surface area contributed by atoms with E-state index in [4.69, 9.17) is 5.73 Å². The normalized spacial score (nSPS) is 31.1. The minimum absolute atomic E-state index is 0.165. The number of piperidine rings is 1. The lowest BCUT2D eigenvalue weighted by Crippen LogP contribution is -2.50. The van der Waals surface area contributed by atoms with Gasteiger partial charge in [-0.15, -0.1) is 0 Å². The van der Waals surface area contributed by atoms with Crippen molar-refractivity contribution in [1.82, 2.24) is 8.61 Å². The van der Waals surface area contributed by atoms with Gasteiger partial charge in [0, 0.05) is 31.9 Å². The third-order valence-corrected chi connectivity index (χ3v) is 7.08. The summed E-state index contributed by atoms with van der Waals surface area (Å²) >= 11 is 1.83. The van der Waals surface area contributed by atoms with Gasteiger partial charge in [-0.05, 0) is 37.5 Å². The van der Waals surface area contributed by atoms with Gasteiger partial charge in [0.25, 0.3) is 10.2 Å². The van der Waals surface area contributed by atoms with Crippen molar-refractivity contribution >= 4 is 22.0 Å². The van der Waals surface area contributed by atoms with E-state index in [2.05, 4.69) is 0 Å². The van der Waals surface area contributed by atoms with Crippen LogP contribution in [-0.4, -0.2) is 61.3 Å². The molecule has 2 N–H and O–H groups in total. The second-order valence-electron chi connectivity index (χ2n) is 5.14. The Kier molecular flexibility index (Phi) is 4.93. The summed E-state index contributed by atoms with van der Waals surface area (Å²) in [5.74, 6) is 2.31. The van der Waals surface area contributed by atoms with E-state index in [9.17, 15) is 8.42 Å². The maximum Gasteiger partial charge on any atom is 0.282 e. The maximum absolute atomic E-state index is 12.5. The second-order valence-corrected chi connectivity index (χ2v) is 8.28. The zero-order valence-corrected chi connectivity index (χ0v) is 12.5. The maximum atomic E-state index is 12.5. The molecule has 2 aliphatic rings. The molecule has 0 amide bonds. The van der Waals surface area contributed by atoms with Crippen molar-refractivity contribution in [2.75, 3.05) is 38.2 Å². The number of thioether (sulfide) groups is 1. The predicted octanol–water partition coefficient (Wildman–Crippen LogP) is 0.339. The Morgan fingerprint density at radius 2 is 2.22 bits per heavy atom. The molecular formula is C11H23N3O2S2. The fraction of sp³-hybridized carbons (Fsp3) is 1.00. The molecular weight excluding hydrogens is 270 g/mol. The lowest BCUT2D eigenvalue weighted by atomic mass is 10.0. The monoisotopic (exact) mass is 293 g/mol. The van der Waals surface area contributed by atoms with Gasteiger partial charge in [-0.2, -0.15) is 28.8 Å². The van der Waals surface area contributed by atoms with Gasteiger partial charge in [0.05, 0.1) is 0 Å². The quantitative estimate of drug-likeness (QED) is 0.812. The molecule has 2 aliphatic heterocycles. The second kappa shape index (κ2) is 6.09. The van der Waals surface area contributed by atoms with Crippen molar-refractivity contribution in [3.63, 3.8) is 0 Å². The Hall–Kier alpha value is 0.180. The van der Waals surface area contributed by atoms with Crippen LogP contribution in [-0.2, 0) is 10.2 Å². The number of hydrogen-bond donors (Lipinski definition) is 1. The first-order chi connectivity index (χ1) is 8.55. The molecule has 0 saturated carbocycles. The Bertz CT molecular complexity index is 368. The van der Waals surface area contributed by atoms with E-state index in [0.29, 0.717) is 25.6 Å². The van der Waals surface area contributed by atoms with Gasteiger partial charge in [0.15, 0.2) is 0 Å². The van der Waals surface area contributed by atoms with Crippen molar-refractivity contribution in [2.24, 2.45) is 11.7 Å². The Labute approximate surface area is 114 Å². The highest BCUT2D eigenvalue weighted by Gasteiger charge is 2.35. The van der Waals surface area contributed by atoms with Crippen LogP contribution in [0.4, 0.5) is 0 Å². The standard InChI is InChI=1S/C11H23N3O2S2/c1-13(11-4-6-17-9-11)18(15,16)14-5-2-3-10(7-12)8-14/h10-11H,2-9,12H2,1H3. The molecule has 2 atom stereocenters. The third-order valence-electron chi connectivity index (χ3n) is 3.93. The Morgan fingerprint density at radius 3 is 2.83 bits per heavy atom. The highest BCUT2D eigenvalue weighted by Crippen LogP contribution is 2.26. The number of rotatable bonds is 4. The van der Waals surface area contributed by atoms with E-state index in [-0.39, 0.29) is 6.04 Å². The Balaban J connectivity index is 2.04. The molecule has 2 heterocycles. The summed E-state index contributed by atoms with van der Waals surface area (Å²) in [6.45, 7) is 1.81. The lowest BCUT2D eigenvalue weighted by Gasteiger charge is -2.35. The molecule has 0 radical (unpaired) electrons. The van der Waals surface area contributed by atoms with E-state index < -0.39 is 10.2 Å². The van der Waals surface area contributed by atoms with Crippen molar-refractivity contribution in [1.29, 1.82) is 0 Å². The first-order valence-corrected chi connectivity index (χ1v) is 9.11. The smallest absolute Gasteiger partial charge is 0.282 e. The van der Waals surface area contributed by atoms with E-state index >= 15 is 0 Å². The van der Waals surface area contributed by atoms with E-state index in [1.807, 2.05) is 11.8 Å². The topological polar surface area (TPSA) is 66.6 Å². The number of nitrogens with zero attached hydrogens (tertiary/aromatic N) is 2. The lowest BCUT2D eigenvalue weighted by molar-refractivity contribution is 0.248. The molecule has 0 aromatic carbocycles. The van der Waals surface area contributed by atoms with Gasteiger partial charge in [0.2, 0.25) is 0 Å². The van der Waals surface area contributed by atoms with Crippen LogP contribution in [0.3, 0.4) is 0 Å². The first kappa shape index (κ1) is 14.6. The number of hydrogen-bond acceptors (Lipinski definition) is 4. The summed E-state index contributed by atoms with van der Waals surface area (Å²) in [6.07, 6.45) is 2.94. The fourth-order valence-corrected chi connectivity index (χ4v) is 5.65. The van der Waals surface area contributed by atoms with Crippen LogP contribution in [0.5, 0.6) is 0 Å². The summed E-state index contributed by atoms with van der Waals surface area (Å²) in [6, 6.07) is 0.165. The van der Waals surface area contributed by atoms with Gasteiger partial charge in [-0.1, -0.05) is 0 Å². The van der Waals surface area contributed by atoms with Gasteiger partial charge in [0.1, 0.15) is 0 Å². The van der Waals surface area contributed by atoms with Crippen molar-refractivity contribution in [3.8, 4) is 0 Å². The van der Waals surface area contributed by atoms with Crippen LogP contribution < -0.4 is 5.73 Å². The van der Waals surface area contributed by atoms with Gasteiger partial charge >= 0.3 is 0 Å². The van der Waals surface area contributed by atoms with Crippen LogP contribution in [0.1, 0.15) is 19.3 Å². The average molecular weight is 293 g/mol. The summed E-state index contributed by atoms with van der Waals surface area (Å²) in [5.41, 5.74) is 5.67. The zero-order chi connectivity index (χ0) is 13.2. The molecule has 18 heavy (non-hydrogen) atoms. The fourth-order valence-electron chi connectivity index (χ4n) is 2.61. The molecule has 5 nitrogen and oxygen atoms in total. The van der Waals surface area contributed by atoms with Crippen molar-refractivity contribution in [3.05, 3.63) is 0 Å².